The molecule has 3 heteroatoms. The van der Waals surface area contributed by atoms with E-state index in [9.17, 15) is 0 Å². The average molecular weight is 231 g/mol. The first kappa shape index (κ1) is 12.0. The van der Waals surface area contributed by atoms with Gasteiger partial charge in [0.15, 0.2) is 0 Å². The maximum Gasteiger partial charge on any atom is 0.201 e. The van der Waals surface area contributed by atoms with Crippen LogP contribution in [0.4, 0.5) is 5.95 Å². The van der Waals surface area contributed by atoms with Crippen molar-refractivity contribution in [3.05, 3.63) is 24.3 Å². The molecule has 1 aromatic carbocycles. The number of hydrogen-bond donors (Lipinski definition) is 1. The highest BCUT2D eigenvalue weighted by atomic mass is 15.2. The molecule has 0 saturated carbocycles. The van der Waals surface area contributed by atoms with Gasteiger partial charge in [0.05, 0.1) is 11.0 Å². The van der Waals surface area contributed by atoms with Gasteiger partial charge in [-0.3, -0.25) is 0 Å². The minimum atomic E-state index is 0.400. The lowest BCUT2D eigenvalue weighted by molar-refractivity contribution is 0.342. The van der Waals surface area contributed by atoms with E-state index in [0.717, 1.165) is 11.0 Å². The van der Waals surface area contributed by atoms with Crippen molar-refractivity contribution < 1.29 is 0 Å². The first-order valence-electron chi connectivity index (χ1n) is 6.41. The lowest BCUT2D eigenvalue weighted by Crippen LogP contribution is -2.17. The molecule has 1 unspecified atom stereocenters. The maximum atomic E-state index is 6.05. The molecule has 2 aromatic rings. The third kappa shape index (κ3) is 2.02. The van der Waals surface area contributed by atoms with Gasteiger partial charge in [0.1, 0.15) is 0 Å². The monoisotopic (exact) mass is 231 g/mol. The number of para-hydroxylation sites is 2. The van der Waals surface area contributed by atoms with Crippen molar-refractivity contribution in [2.24, 2.45) is 5.92 Å². The number of aromatic nitrogens is 2. The SMILES string of the molecule is CCC(CC)C(C)n1c(N)nc2ccccc21. The number of hydrogen-bond acceptors (Lipinski definition) is 2. The quantitative estimate of drug-likeness (QED) is 0.873. The number of nitrogen functional groups attached to an aromatic ring is 1. The third-order valence-electron chi connectivity index (χ3n) is 3.76. The molecular formula is C14H21N3. The second kappa shape index (κ2) is 4.78. The van der Waals surface area contributed by atoms with Gasteiger partial charge in [-0.1, -0.05) is 38.8 Å². The first-order valence-corrected chi connectivity index (χ1v) is 6.41. The molecule has 92 valence electrons. The molecule has 0 aliphatic heterocycles. The third-order valence-corrected chi connectivity index (χ3v) is 3.76. The zero-order chi connectivity index (χ0) is 12.4. The van der Waals surface area contributed by atoms with E-state index in [4.69, 9.17) is 5.73 Å². The van der Waals surface area contributed by atoms with Crippen molar-refractivity contribution in [1.29, 1.82) is 0 Å². The fourth-order valence-electron chi connectivity index (χ4n) is 2.67. The molecule has 2 N–H and O–H groups in total. The number of nitrogens with two attached hydrogens (primary N) is 1. The molecule has 3 nitrogen and oxygen atoms in total. The minimum Gasteiger partial charge on any atom is -0.369 e. The lowest BCUT2D eigenvalue weighted by Gasteiger charge is -2.24. The molecule has 0 bridgehead atoms. The first-order chi connectivity index (χ1) is 8.19. The summed E-state index contributed by atoms with van der Waals surface area (Å²) in [5.74, 6) is 1.28. The van der Waals surface area contributed by atoms with Crippen LogP contribution < -0.4 is 5.73 Å². The molecule has 0 amide bonds. The molecule has 1 aromatic heterocycles. The van der Waals surface area contributed by atoms with Crippen LogP contribution in [-0.2, 0) is 0 Å². The number of fused-ring (bicyclic) bond motifs is 1. The van der Waals surface area contributed by atoms with Crippen LogP contribution in [0.2, 0.25) is 0 Å². The second-order valence-electron chi connectivity index (χ2n) is 4.65. The highest BCUT2D eigenvalue weighted by Crippen LogP contribution is 2.30. The summed E-state index contributed by atoms with van der Waals surface area (Å²) in [6, 6.07) is 8.55. The van der Waals surface area contributed by atoms with Crippen LogP contribution in [0.5, 0.6) is 0 Å². The Morgan fingerprint density at radius 2 is 1.88 bits per heavy atom. The Labute approximate surface area is 103 Å². The van der Waals surface area contributed by atoms with E-state index in [-0.39, 0.29) is 0 Å². The van der Waals surface area contributed by atoms with E-state index < -0.39 is 0 Å². The van der Waals surface area contributed by atoms with Crippen LogP contribution in [0.15, 0.2) is 24.3 Å². The molecule has 1 heterocycles. The predicted octanol–water partition coefficient (Wildman–Crippen LogP) is 3.62. The molecule has 0 aliphatic carbocycles. The summed E-state index contributed by atoms with van der Waals surface area (Å²) in [7, 11) is 0. The largest absolute Gasteiger partial charge is 0.369 e. The Balaban J connectivity index is 2.50. The molecular weight excluding hydrogens is 210 g/mol. The summed E-state index contributed by atoms with van der Waals surface area (Å²) in [5.41, 5.74) is 8.18. The van der Waals surface area contributed by atoms with E-state index in [0.29, 0.717) is 17.9 Å². The Morgan fingerprint density at radius 1 is 1.24 bits per heavy atom. The molecule has 0 radical (unpaired) electrons. The van der Waals surface area contributed by atoms with Crippen LogP contribution in [0.3, 0.4) is 0 Å². The summed E-state index contributed by atoms with van der Waals surface area (Å²) in [6.07, 6.45) is 2.34. The Hall–Kier alpha value is -1.51. The average Bonchev–Trinajstić information content (AvgIpc) is 2.66. The second-order valence-corrected chi connectivity index (χ2v) is 4.65. The fraction of sp³-hybridized carbons (Fsp3) is 0.500. The Kier molecular flexibility index (Phi) is 3.36. The highest BCUT2D eigenvalue weighted by Gasteiger charge is 2.19. The summed E-state index contributed by atoms with van der Waals surface area (Å²) in [4.78, 5) is 4.43. The van der Waals surface area contributed by atoms with Gasteiger partial charge in [0.25, 0.3) is 0 Å². The van der Waals surface area contributed by atoms with Gasteiger partial charge in [-0.15, -0.1) is 0 Å². The fourth-order valence-corrected chi connectivity index (χ4v) is 2.67. The van der Waals surface area contributed by atoms with Crippen molar-refractivity contribution in [3.63, 3.8) is 0 Å². The van der Waals surface area contributed by atoms with Crippen LogP contribution >= 0.6 is 0 Å². The van der Waals surface area contributed by atoms with Gasteiger partial charge in [0, 0.05) is 6.04 Å². The highest BCUT2D eigenvalue weighted by molar-refractivity contribution is 5.78. The van der Waals surface area contributed by atoms with Crippen LogP contribution in [0, 0.1) is 5.92 Å². The van der Waals surface area contributed by atoms with E-state index in [2.05, 4.69) is 36.4 Å². The number of rotatable bonds is 4. The van der Waals surface area contributed by atoms with Gasteiger partial charge < -0.3 is 10.3 Å². The topological polar surface area (TPSA) is 43.8 Å². The Morgan fingerprint density at radius 3 is 2.53 bits per heavy atom. The predicted molar refractivity (Wildman–Crippen MR) is 72.9 cm³/mol. The smallest absolute Gasteiger partial charge is 0.201 e. The number of nitrogens with zero attached hydrogens (tertiary/aromatic N) is 2. The van der Waals surface area contributed by atoms with Gasteiger partial charge in [0.2, 0.25) is 5.95 Å². The molecule has 0 saturated heterocycles. The van der Waals surface area contributed by atoms with Crippen LogP contribution in [0.1, 0.15) is 39.7 Å². The lowest BCUT2D eigenvalue weighted by atomic mass is 9.95. The van der Waals surface area contributed by atoms with E-state index >= 15 is 0 Å². The Bertz CT molecular complexity index is 497. The standard InChI is InChI=1S/C14H21N3/c1-4-11(5-2)10(3)17-13-9-7-6-8-12(13)16-14(17)15/h6-11H,4-5H2,1-3H3,(H2,15,16). The normalized spacial score (nSPS) is 13.4. The van der Waals surface area contributed by atoms with E-state index in [1.807, 2.05) is 18.2 Å². The van der Waals surface area contributed by atoms with Crippen LogP contribution in [0.25, 0.3) is 11.0 Å². The van der Waals surface area contributed by atoms with Crippen molar-refractivity contribution in [2.45, 2.75) is 39.7 Å². The van der Waals surface area contributed by atoms with Crippen molar-refractivity contribution >= 4 is 17.0 Å². The minimum absolute atomic E-state index is 0.400. The zero-order valence-corrected chi connectivity index (χ0v) is 10.9. The summed E-state index contributed by atoms with van der Waals surface area (Å²) in [6.45, 7) is 6.71. The van der Waals surface area contributed by atoms with Gasteiger partial charge in [-0.05, 0) is 25.0 Å². The number of imidazole rings is 1. The number of benzene rings is 1. The summed E-state index contributed by atoms with van der Waals surface area (Å²) in [5, 5.41) is 0. The molecule has 0 aliphatic rings. The van der Waals surface area contributed by atoms with Crippen molar-refractivity contribution in [3.8, 4) is 0 Å². The molecule has 17 heavy (non-hydrogen) atoms. The van der Waals surface area contributed by atoms with Gasteiger partial charge >= 0.3 is 0 Å². The molecule has 0 fully saturated rings. The summed E-state index contributed by atoms with van der Waals surface area (Å²) < 4.78 is 2.17. The van der Waals surface area contributed by atoms with Gasteiger partial charge in [-0.2, -0.15) is 0 Å². The number of anilines is 1. The summed E-state index contributed by atoms with van der Waals surface area (Å²) >= 11 is 0. The van der Waals surface area contributed by atoms with E-state index in [1.54, 1.807) is 0 Å². The van der Waals surface area contributed by atoms with E-state index in [1.165, 1.54) is 12.8 Å². The molecule has 0 spiro atoms. The zero-order valence-electron chi connectivity index (χ0n) is 10.9. The van der Waals surface area contributed by atoms with Crippen LogP contribution in [-0.4, -0.2) is 9.55 Å². The van der Waals surface area contributed by atoms with Crippen molar-refractivity contribution in [1.82, 2.24) is 9.55 Å². The maximum absolute atomic E-state index is 6.05. The molecule has 2 rings (SSSR count). The van der Waals surface area contributed by atoms with Crippen molar-refractivity contribution in [2.75, 3.05) is 5.73 Å². The van der Waals surface area contributed by atoms with Gasteiger partial charge in [-0.25, -0.2) is 4.98 Å². The molecule has 1 atom stereocenters.